The van der Waals surface area contributed by atoms with Gasteiger partial charge in [0.1, 0.15) is 0 Å². The number of nitrogens with one attached hydrogen (secondary N) is 1. The van der Waals surface area contributed by atoms with Crippen molar-refractivity contribution in [1.82, 2.24) is 10.2 Å². The average Bonchev–Trinajstić information content (AvgIpc) is 3.13. The van der Waals surface area contributed by atoms with Crippen LogP contribution < -0.4 is 5.32 Å². The smallest absolute Gasteiger partial charge is 0.0510 e. The Morgan fingerprint density at radius 2 is 1.90 bits per heavy atom. The number of rotatable bonds is 9. The van der Waals surface area contributed by atoms with Gasteiger partial charge < -0.3 is 10.1 Å². The van der Waals surface area contributed by atoms with Gasteiger partial charge in [-0.3, -0.25) is 4.90 Å². The molecule has 3 nitrogen and oxygen atoms in total. The maximum atomic E-state index is 5.65. The first-order valence-electron chi connectivity index (χ1n) is 9.25. The lowest BCUT2D eigenvalue weighted by Gasteiger charge is -2.36. The van der Waals surface area contributed by atoms with Crippen LogP contribution in [0.3, 0.4) is 0 Å². The monoisotopic (exact) mass is 296 g/mol. The first-order chi connectivity index (χ1) is 10.2. The van der Waals surface area contributed by atoms with E-state index in [0.29, 0.717) is 12.0 Å². The molecule has 0 aromatic heterocycles. The molecule has 2 aliphatic rings. The molecule has 1 aliphatic heterocycles. The zero-order chi connectivity index (χ0) is 15.1. The van der Waals surface area contributed by atoms with Gasteiger partial charge in [-0.25, -0.2) is 0 Å². The average molecular weight is 296 g/mol. The van der Waals surface area contributed by atoms with E-state index in [1.807, 2.05) is 0 Å². The van der Waals surface area contributed by atoms with E-state index in [1.54, 1.807) is 0 Å². The zero-order valence-corrected chi connectivity index (χ0v) is 14.4. The second-order valence-electron chi connectivity index (χ2n) is 7.47. The van der Waals surface area contributed by atoms with Crippen LogP contribution in [-0.2, 0) is 4.74 Å². The van der Waals surface area contributed by atoms with Gasteiger partial charge in [-0.05, 0) is 38.1 Å². The van der Waals surface area contributed by atoms with Crippen molar-refractivity contribution in [3.05, 3.63) is 0 Å². The van der Waals surface area contributed by atoms with E-state index in [-0.39, 0.29) is 0 Å². The molecule has 21 heavy (non-hydrogen) atoms. The Balaban J connectivity index is 1.94. The lowest BCUT2D eigenvalue weighted by Crippen LogP contribution is -2.49. The Morgan fingerprint density at radius 3 is 2.48 bits per heavy atom. The molecule has 1 aliphatic carbocycles. The summed E-state index contributed by atoms with van der Waals surface area (Å²) in [6.07, 6.45) is 8.14. The molecule has 2 rings (SSSR count). The molecule has 1 N–H and O–H groups in total. The molecule has 0 amide bonds. The summed E-state index contributed by atoms with van der Waals surface area (Å²) in [7, 11) is 0. The first kappa shape index (κ1) is 17.2. The minimum Gasteiger partial charge on any atom is -0.381 e. The highest BCUT2D eigenvalue weighted by molar-refractivity contribution is 4.86. The third-order valence-electron chi connectivity index (χ3n) is 5.06. The van der Waals surface area contributed by atoms with E-state index < -0.39 is 0 Å². The van der Waals surface area contributed by atoms with E-state index in [9.17, 15) is 0 Å². The van der Waals surface area contributed by atoms with Gasteiger partial charge in [0.2, 0.25) is 0 Å². The summed E-state index contributed by atoms with van der Waals surface area (Å²) in [5.41, 5.74) is 0. The lowest BCUT2D eigenvalue weighted by atomic mass is 9.97. The summed E-state index contributed by atoms with van der Waals surface area (Å²) in [6.45, 7) is 12.5. The predicted octanol–water partition coefficient (Wildman–Crippen LogP) is 3.29. The molecule has 1 saturated carbocycles. The molecule has 1 heterocycles. The van der Waals surface area contributed by atoms with Gasteiger partial charge in [0.25, 0.3) is 0 Å². The van der Waals surface area contributed by atoms with E-state index in [1.165, 1.54) is 51.6 Å². The molecule has 2 unspecified atom stereocenters. The fourth-order valence-corrected chi connectivity index (χ4v) is 3.94. The topological polar surface area (TPSA) is 24.5 Å². The molecule has 0 bridgehead atoms. The van der Waals surface area contributed by atoms with Gasteiger partial charge in [-0.1, -0.05) is 33.6 Å². The highest BCUT2D eigenvalue weighted by Crippen LogP contribution is 2.26. The van der Waals surface area contributed by atoms with Crippen molar-refractivity contribution in [2.24, 2.45) is 11.8 Å². The van der Waals surface area contributed by atoms with Crippen molar-refractivity contribution >= 4 is 0 Å². The minimum absolute atomic E-state index is 0.617. The SMILES string of the molecule is CCCNC(CN(CC(C)C)C1CCCC1)C1CCOC1. The number of hydrogen-bond acceptors (Lipinski definition) is 3. The van der Waals surface area contributed by atoms with Gasteiger partial charge in [0.05, 0.1) is 6.61 Å². The van der Waals surface area contributed by atoms with Gasteiger partial charge in [-0.15, -0.1) is 0 Å². The van der Waals surface area contributed by atoms with Crippen LogP contribution in [0.15, 0.2) is 0 Å². The van der Waals surface area contributed by atoms with Gasteiger partial charge in [-0.2, -0.15) is 0 Å². The summed E-state index contributed by atoms with van der Waals surface area (Å²) in [6, 6.07) is 1.45. The van der Waals surface area contributed by atoms with Crippen molar-refractivity contribution in [2.45, 2.75) is 71.4 Å². The normalized spacial score (nSPS) is 25.3. The Kier molecular flexibility index (Phi) is 7.48. The number of nitrogens with zero attached hydrogens (tertiary/aromatic N) is 1. The van der Waals surface area contributed by atoms with Crippen molar-refractivity contribution < 1.29 is 4.74 Å². The van der Waals surface area contributed by atoms with Crippen LogP contribution >= 0.6 is 0 Å². The first-order valence-corrected chi connectivity index (χ1v) is 9.25. The van der Waals surface area contributed by atoms with Gasteiger partial charge in [0, 0.05) is 37.7 Å². The molecule has 0 radical (unpaired) electrons. The second kappa shape index (κ2) is 9.12. The molecule has 3 heteroatoms. The summed E-state index contributed by atoms with van der Waals surface area (Å²) in [4.78, 5) is 2.79. The standard InChI is InChI=1S/C18H36N2O/c1-4-10-19-18(16-9-11-21-14-16)13-20(12-15(2)3)17-7-5-6-8-17/h15-19H,4-14H2,1-3H3. The molecular formula is C18H36N2O. The van der Waals surface area contributed by atoms with Crippen LogP contribution in [0, 0.1) is 11.8 Å². The molecule has 124 valence electrons. The minimum atomic E-state index is 0.617. The van der Waals surface area contributed by atoms with Crippen molar-refractivity contribution in [3.63, 3.8) is 0 Å². The fourth-order valence-electron chi connectivity index (χ4n) is 3.94. The zero-order valence-electron chi connectivity index (χ0n) is 14.4. The van der Waals surface area contributed by atoms with Crippen LogP contribution in [0.25, 0.3) is 0 Å². The summed E-state index contributed by atoms with van der Waals surface area (Å²) in [5.74, 6) is 1.48. The van der Waals surface area contributed by atoms with Crippen LogP contribution in [-0.4, -0.2) is 49.8 Å². The third-order valence-corrected chi connectivity index (χ3v) is 5.06. The van der Waals surface area contributed by atoms with Crippen molar-refractivity contribution in [3.8, 4) is 0 Å². The van der Waals surface area contributed by atoms with Crippen LogP contribution in [0.5, 0.6) is 0 Å². The molecule has 2 fully saturated rings. The summed E-state index contributed by atoms with van der Waals surface area (Å²) >= 11 is 0. The maximum absolute atomic E-state index is 5.65. The van der Waals surface area contributed by atoms with Crippen LogP contribution in [0.2, 0.25) is 0 Å². The van der Waals surface area contributed by atoms with E-state index in [4.69, 9.17) is 4.74 Å². The van der Waals surface area contributed by atoms with Crippen molar-refractivity contribution in [1.29, 1.82) is 0 Å². The van der Waals surface area contributed by atoms with Crippen LogP contribution in [0.1, 0.15) is 59.3 Å². The maximum Gasteiger partial charge on any atom is 0.0510 e. The highest BCUT2D eigenvalue weighted by Gasteiger charge is 2.30. The number of ether oxygens (including phenoxy) is 1. The Labute approximate surface area is 131 Å². The third kappa shape index (κ3) is 5.54. The summed E-state index contributed by atoms with van der Waals surface area (Å²) in [5, 5.41) is 3.82. The van der Waals surface area contributed by atoms with E-state index in [0.717, 1.165) is 31.7 Å². The molecule has 2 atom stereocenters. The quantitative estimate of drug-likeness (QED) is 0.706. The molecule has 0 aromatic carbocycles. The van der Waals surface area contributed by atoms with Crippen LogP contribution in [0.4, 0.5) is 0 Å². The molecular weight excluding hydrogens is 260 g/mol. The Morgan fingerprint density at radius 1 is 1.14 bits per heavy atom. The Hall–Kier alpha value is -0.120. The summed E-state index contributed by atoms with van der Waals surface area (Å²) < 4.78 is 5.65. The highest BCUT2D eigenvalue weighted by atomic mass is 16.5. The second-order valence-corrected chi connectivity index (χ2v) is 7.47. The van der Waals surface area contributed by atoms with E-state index in [2.05, 4.69) is 31.0 Å². The fraction of sp³-hybridized carbons (Fsp3) is 1.00. The molecule has 1 saturated heterocycles. The molecule has 0 spiro atoms. The van der Waals surface area contributed by atoms with E-state index >= 15 is 0 Å². The lowest BCUT2D eigenvalue weighted by molar-refractivity contribution is 0.129. The van der Waals surface area contributed by atoms with Gasteiger partial charge in [0.15, 0.2) is 0 Å². The predicted molar refractivity (Wildman–Crippen MR) is 89.7 cm³/mol. The largest absolute Gasteiger partial charge is 0.381 e. The van der Waals surface area contributed by atoms with Crippen molar-refractivity contribution in [2.75, 3.05) is 32.8 Å². The Bertz CT molecular complexity index is 270. The number of hydrogen-bond donors (Lipinski definition) is 1. The molecule has 0 aromatic rings. The van der Waals surface area contributed by atoms with Gasteiger partial charge >= 0.3 is 0 Å².